The van der Waals surface area contributed by atoms with Crippen molar-refractivity contribution in [2.24, 2.45) is 0 Å². The van der Waals surface area contributed by atoms with Gasteiger partial charge in [-0.05, 0) is 30.7 Å². The molecule has 0 bridgehead atoms. The van der Waals surface area contributed by atoms with Gasteiger partial charge in [-0.3, -0.25) is 0 Å². The number of rotatable bonds is 6. The predicted octanol–water partition coefficient (Wildman–Crippen LogP) is 3.54. The average molecular weight is 481 g/mol. The van der Waals surface area contributed by atoms with Gasteiger partial charge < -0.3 is 11.1 Å². The van der Waals surface area contributed by atoms with Crippen LogP contribution in [0.3, 0.4) is 0 Å². The third-order valence-electron chi connectivity index (χ3n) is 4.14. The fourth-order valence-corrected chi connectivity index (χ4v) is 4.14. The minimum absolute atomic E-state index is 0.0410. The van der Waals surface area contributed by atoms with E-state index in [-0.39, 0.29) is 21.7 Å². The van der Waals surface area contributed by atoms with Crippen LogP contribution in [-0.2, 0) is 10.0 Å². The van der Waals surface area contributed by atoms with E-state index in [9.17, 15) is 13.2 Å². The molecule has 0 unspecified atom stereocenters. The molecule has 1 heterocycles. The molecular formula is C19H18Cl2N6O3S. The molecule has 31 heavy (non-hydrogen) atoms. The Labute approximate surface area is 189 Å². The van der Waals surface area contributed by atoms with E-state index in [1.807, 2.05) is 0 Å². The Kier molecular flexibility index (Phi) is 6.96. The van der Waals surface area contributed by atoms with Gasteiger partial charge in [-0.15, -0.1) is 4.83 Å². The molecule has 162 valence electrons. The third kappa shape index (κ3) is 5.42. The van der Waals surface area contributed by atoms with E-state index < -0.39 is 22.1 Å². The number of carbonyl (C=O) groups is 1. The average Bonchev–Trinajstić information content (AvgIpc) is 2.74. The molecule has 0 saturated heterocycles. The molecule has 12 heteroatoms. The zero-order valence-electron chi connectivity index (χ0n) is 16.2. The van der Waals surface area contributed by atoms with Crippen LogP contribution in [0.2, 0.25) is 10.0 Å². The van der Waals surface area contributed by atoms with E-state index in [4.69, 9.17) is 28.9 Å². The van der Waals surface area contributed by atoms with Crippen LogP contribution < -0.4 is 20.9 Å². The first-order valence-corrected chi connectivity index (χ1v) is 11.1. The summed E-state index contributed by atoms with van der Waals surface area (Å²) in [6.07, 6.45) is 1.30. The summed E-state index contributed by atoms with van der Waals surface area (Å²) in [6.45, 7) is 1.67. The van der Waals surface area contributed by atoms with Gasteiger partial charge in [0.25, 0.3) is 10.0 Å². The second kappa shape index (κ2) is 9.48. The van der Waals surface area contributed by atoms with E-state index in [0.717, 1.165) is 5.01 Å². The van der Waals surface area contributed by atoms with Crippen LogP contribution in [0.25, 0.3) is 0 Å². The number of nitrogens with one attached hydrogen (secondary N) is 2. The van der Waals surface area contributed by atoms with Crippen LogP contribution in [0, 0.1) is 0 Å². The number of hydrazine groups is 1. The van der Waals surface area contributed by atoms with Gasteiger partial charge >= 0.3 is 6.03 Å². The summed E-state index contributed by atoms with van der Waals surface area (Å²) in [7, 11) is -4.11. The van der Waals surface area contributed by atoms with Crippen molar-refractivity contribution in [1.82, 2.24) is 20.1 Å². The number of halogens is 2. The Morgan fingerprint density at radius 1 is 1.10 bits per heavy atom. The number of nitrogen functional groups attached to an aromatic ring is 1. The summed E-state index contributed by atoms with van der Waals surface area (Å²) >= 11 is 12.3. The zero-order chi connectivity index (χ0) is 22.6. The quantitative estimate of drug-likeness (QED) is 0.462. The normalized spacial score (nSPS) is 12.2. The SMILES string of the molecule is C[C@@H](NC(=O)N(NS(=O)(=O)c1ccccc1)c1ccnc(N)n1)c1cccc(Cl)c1Cl. The van der Waals surface area contributed by atoms with Crippen molar-refractivity contribution in [2.75, 3.05) is 10.7 Å². The number of aromatic nitrogens is 2. The number of hydrogen-bond donors (Lipinski definition) is 3. The van der Waals surface area contributed by atoms with Gasteiger partial charge in [-0.2, -0.15) is 9.99 Å². The fraction of sp³-hybridized carbons (Fsp3) is 0.105. The van der Waals surface area contributed by atoms with Gasteiger partial charge in [0.2, 0.25) is 5.95 Å². The van der Waals surface area contributed by atoms with Crippen molar-refractivity contribution in [3.63, 3.8) is 0 Å². The van der Waals surface area contributed by atoms with Crippen LogP contribution >= 0.6 is 23.2 Å². The summed E-state index contributed by atoms with van der Waals surface area (Å²) in [4.78, 5) is 22.9. The maximum atomic E-state index is 13.1. The van der Waals surface area contributed by atoms with E-state index in [0.29, 0.717) is 10.6 Å². The number of urea groups is 1. The molecule has 3 rings (SSSR count). The zero-order valence-corrected chi connectivity index (χ0v) is 18.5. The van der Waals surface area contributed by atoms with Crippen molar-refractivity contribution in [3.8, 4) is 0 Å². The van der Waals surface area contributed by atoms with Crippen molar-refractivity contribution >= 4 is 51.0 Å². The second-order valence-corrected chi connectivity index (χ2v) is 8.78. The van der Waals surface area contributed by atoms with Gasteiger partial charge in [-0.25, -0.2) is 18.2 Å². The lowest BCUT2D eigenvalue weighted by atomic mass is 10.1. The highest BCUT2D eigenvalue weighted by atomic mass is 35.5. The van der Waals surface area contributed by atoms with Gasteiger partial charge in [-0.1, -0.05) is 53.5 Å². The lowest BCUT2D eigenvalue weighted by Gasteiger charge is -2.25. The first-order valence-electron chi connectivity index (χ1n) is 8.89. The minimum Gasteiger partial charge on any atom is -0.368 e. The number of nitrogens with two attached hydrogens (primary N) is 1. The molecule has 0 aliphatic heterocycles. The number of nitrogens with zero attached hydrogens (tertiary/aromatic N) is 3. The Bertz CT molecular complexity index is 1190. The molecule has 1 atom stereocenters. The van der Waals surface area contributed by atoms with Crippen molar-refractivity contribution in [1.29, 1.82) is 0 Å². The molecule has 0 saturated carbocycles. The lowest BCUT2D eigenvalue weighted by Crippen LogP contribution is -2.51. The van der Waals surface area contributed by atoms with Gasteiger partial charge in [0, 0.05) is 12.3 Å². The number of carbonyl (C=O) groups excluding carboxylic acids is 1. The molecule has 0 fully saturated rings. The maximum absolute atomic E-state index is 13.1. The highest BCUT2D eigenvalue weighted by Crippen LogP contribution is 2.30. The maximum Gasteiger partial charge on any atom is 0.339 e. The van der Waals surface area contributed by atoms with Crippen molar-refractivity contribution in [3.05, 3.63) is 76.4 Å². The fourth-order valence-electron chi connectivity index (χ4n) is 2.64. The molecule has 2 amide bonds. The topological polar surface area (TPSA) is 130 Å². The third-order valence-corrected chi connectivity index (χ3v) is 6.29. The summed E-state index contributed by atoms with van der Waals surface area (Å²) in [6, 6.07) is 12.5. The van der Waals surface area contributed by atoms with Crippen LogP contribution in [0.15, 0.2) is 65.7 Å². The van der Waals surface area contributed by atoms with Crippen LogP contribution in [0.1, 0.15) is 18.5 Å². The van der Waals surface area contributed by atoms with Crippen molar-refractivity contribution in [2.45, 2.75) is 17.9 Å². The summed E-state index contributed by atoms with van der Waals surface area (Å²) in [5.74, 6) is -0.214. The first-order chi connectivity index (χ1) is 14.7. The molecule has 0 aliphatic rings. The Morgan fingerprint density at radius 3 is 2.48 bits per heavy atom. The number of hydrogen-bond acceptors (Lipinski definition) is 6. The number of amides is 2. The van der Waals surface area contributed by atoms with Crippen LogP contribution in [-0.4, -0.2) is 24.4 Å². The highest BCUT2D eigenvalue weighted by Gasteiger charge is 2.27. The number of benzene rings is 2. The van der Waals surface area contributed by atoms with E-state index in [1.54, 1.807) is 43.3 Å². The van der Waals surface area contributed by atoms with Crippen LogP contribution in [0.4, 0.5) is 16.6 Å². The standard InChI is InChI=1S/C19H18Cl2N6O3S/c1-12(14-8-5-9-15(20)17(14)21)24-19(28)27(16-10-11-23-18(22)25-16)26-31(29,30)13-6-3-2-4-7-13/h2-12,26H,1H3,(H,24,28)(H2,22,23,25)/t12-/m1/s1. The van der Waals surface area contributed by atoms with E-state index in [2.05, 4.69) is 20.1 Å². The smallest absolute Gasteiger partial charge is 0.339 e. The molecule has 0 radical (unpaired) electrons. The largest absolute Gasteiger partial charge is 0.368 e. The van der Waals surface area contributed by atoms with Crippen molar-refractivity contribution < 1.29 is 13.2 Å². The highest BCUT2D eigenvalue weighted by molar-refractivity contribution is 7.89. The minimum atomic E-state index is -4.11. The summed E-state index contributed by atoms with van der Waals surface area (Å²) in [5.41, 5.74) is 6.16. The molecule has 3 aromatic rings. The monoisotopic (exact) mass is 480 g/mol. The first kappa shape index (κ1) is 22.8. The molecule has 0 spiro atoms. The van der Waals surface area contributed by atoms with E-state index >= 15 is 0 Å². The molecule has 4 N–H and O–H groups in total. The molecular weight excluding hydrogens is 463 g/mol. The molecule has 1 aromatic heterocycles. The van der Waals surface area contributed by atoms with Gasteiger partial charge in [0.1, 0.15) is 0 Å². The summed E-state index contributed by atoms with van der Waals surface area (Å²) in [5, 5.41) is 4.01. The van der Waals surface area contributed by atoms with E-state index in [1.165, 1.54) is 24.4 Å². The lowest BCUT2D eigenvalue weighted by molar-refractivity contribution is 0.242. The molecule has 2 aromatic carbocycles. The predicted molar refractivity (Wildman–Crippen MR) is 119 cm³/mol. The Balaban J connectivity index is 1.92. The summed E-state index contributed by atoms with van der Waals surface area (Å²) < 4.78 is 25.6. The van der Waals surface area contributed by atoms with Gasteiger partial charge in [0.15, 0.2) is 5.82 Å². The Hall–Kier alpha value is -2.92. The molecule has 0 aliphatic carbocycles. The number of sulfonamides is 1. The van der Waals surface area contributed by atoms with Crippen LogP contribution in [0.5, 0.6) is 0 Å². The molecule has 9 nitrogen and oxygen atoms in total. The Morgan fingerprint density at radius 2 is 1.81 bits per heavy atom. The second-order valence-electron chi connectivity index (χ2n) is 6.33. The van der Waals surface area contributed by atoms with Gasteiger partial charge in [0.05, 0.1) is 21.0 Å². The number of anilines is 2.